The molecular formula is C18H24N4O3. The highest BCUT2D eigenvalue weighted by molar-refractivity contribution is 6.07. The van der Waals surface area contributed by atoms with Gasteiger partial charge in [0.1, 0.15) is 0 Å². The molecule has 2 heterocycles. The second-order valence-electron chi connectivity index (χ2n) is 7.45. The van der Waals surface area contributed by atoms with E-state index < -0.39 is 17.5 Å². The van der Waals surface area contributed by atoms with Crippen LogP contribution in [0.3, 0.4) is 0 Å². The van der Waals surface area contributed by atoms with Gasteiger partial charge in [-0.05, 0) is 25.0 Å². The zero-order valence-corrected chi connectivity index (χ0v) is 14.7. The highest BCUT2D eigenvalue weighted by Crippen LogP contribution is 2.32. The molecule has 3 rings (SSSR count). The van der Waals surface area contributed by atoms with Gasteiger partial charge in [-0.2, -0.15) is 0 Å². The molecule has 1 saturated heterocycles. The number of rotatable bonds is 2. The standard InChI is InChI=1S/C18H24N4O3/c1-10(2)14(19)17(25)22-8-12-16(24)20-13-7-5-4-6-11(13)15(23)21-18(12,3)9-22/h4-7,10,12,14H,8-9,19H2,1-3H3,(H,20,24)(H,21,23)/t12-,14?,18-/m0/s1. The summed E-state index contributed by atoms with van der Waals surface area (Å²) < 4.78 is 0. The Morgan fingerprint density at radius 2 is 2.00 bits per heavy atom. The van der Waals surface area contributed by atoms with Gasteiger partial charge in [0, 0.05) is 13.1 Å². The molecule has 134 valence electrons. The molecule has 3 amide bonds. The van der Waals surface area contributed by atoms with Crippen LogP contribution in [0.25, 0.3) is 0 Å². The minimum atomic E-state index is -0.832. The lowest BCUT2D eigenvalue weighted by Gasteiger charge is -2.33. The monoisotopic (exact) mass is 344 g/mol. The van der Waals surface area contributed by atoms with Crippen molar-refractivity contribution >= 4 is 23.4 Å². The first-order valence-corrected chi connectivity index (χ1v) is 8.49. The van der Waals surface area contributed by atoms with Gasteiger partial charge < -0.3 is 21.3 Å². The maximum atomic E-state index is 12.8. The van der Waals surface area contributed by atoms with E-state index in [4.69, 9.17) is 5.73 Å². The highest BCUT2D eigenvalue weighted by atomic mass is 16.2. The van der Waals surface area contributed by atoms with Crippen molar-refractivity contribution in [2.75, 3.05) is 18.4 Å². The third-order valence-electron chi connectivity index (χ3n) is 5.15. The quantitative estimate of drug-likeness (QED) is 0.729. The number of para-hydroxylation sites is 1. The van der Waals surface area contributed by atoms with Gasteiger partial charge in [0.2, 0.25) is 11.8 Å². The number of carbonyl (C=O) groups excluding carboxylic acids is 3. The normalized spacial score (nSPS) is 26.9. The number of hydrogen-bond donors (Lipinski definition) is 3. The lowest BCUT2D eigenvalue weighted by Crippen LogP contribution is -2.56. The van der Waals surface area contributed by atoms with E-state index in [0.29, 0.717) is 11.3 Å². The third kappa shape index (κ3) is 3.00. The number of nitrogens with one attached hydrogen (secondary N) is 2. The molecule has 25 heavy (non-hydrogen) atoms. The van der Waals surface area contributed by atoms with Gasteiger partial charge in [-0.25, -0.2) is 0 Å². The Kier molecular flexibility index (Phi) is 4.28. The smallest absolute Gasteiger partial charge is 0.253 e. The summed E-state index contributed by atoms with van der Waals surface area (Å²) in [6.07, 6.45) is 0. The summed E-state index contributed by atoms with van der Waals surface area (Å²) in [6, 6.07) is 6.25. The zero-order valence-electron chi connectivity index (χ0n) is 14.7. The maximum absolute atomic E-state index is 12.8. The van der Waals surface area contributed by atoms with Crippen LogP contribution in [-0.4, -0.2) is 47.3 Å². The van der Waals surface area contributed by atoms with E-state index in [2.05, 4.69) is 10.6 Å². The molecule has 0 saturated carbocycles. The van der Waals surface area contributed by atoms with Gasteiger partial charge in [-0.3, -0.25) is 14.4 Å². The summed E-state index contributed by atoms with van der Waals surface area (Å²) in [6.45, 7) is 6.07. The SMILES string of the molecule is CC(C)C(N)C(=O)N1C[C@H]2C(=O)Nc3ccccc3C(=O)N[C@@]2(C)C1. The molecule has 1 unspecified atom stereocenters. The maximum Gasteiger partial charge on any atom is 0.253 e. The predicted molar refractivity (Wildman–Crippen MR) is 93.8 cm³/mol. The van der Waals surface area contributed by atoms with Gasteiger partial charge >= 0.3 is 0 Å². The van der Waals surface area contributed by atoms with Crippen LogP contribution in [0, 0.1) is 11.8 Å². The highest BCUT2D eigenvalue weighted by Gasteiger charge is 2.51. The van der Waals surface area contributed by atoms with Crippen LogP contribution in [0.4, 0.5) is 5.69 Å². The van der Waals surface area contributed by atoms with E-state index in [1.54, 1.807) is 36.1 Å². The molecule has 1 fully saturated rings. The van der Waals surface area contributed by atoms with Crippen molar-refractivity contribution in [2.24, 2.45) is 17.6 Å². The molecule has 0 radical (unpaired) electrons. The van der Waals surface area contributed by atoms with Crippen LogP contribution in [0.15, 0.2) is 24.3 Å². The number of nitrogens with two attached hydrogens (primary N) is 1. The van der Waals surface area contributed by atoms with Gasteiger partial charge in [-0.15, -0.1) is 0 Å². The van der Waals surface area contributed by atoms with Crippen molar-refractivity contribution in [3.8, 4) is 0 Å². The first-order valence-electron chi connectivity index (χ1n) is 8.49. The molecule has 0 bridgehead atoms. The topological polar surface area (TPSA) is 105 Å². The minimum Gasteiger partial charge on any atom is -0.344 e. The lowest BCUT2D eigenvalue weighted by atomic mass is 9.86. The first kappa shape index (κ1) is 17.4. The molecule has 3 atom stereocenters. The molecule has 2 aliphatic rings. The molecule has 0 spiro atoms. The Morgan fingerprint density at radius 1 is 1.32 bits per heavy atom. The molecule has 1 aromatic rings. The zero-order chi connectivity index (χ0) is 18.4. The van der Waals surface area contributed by atoms with Crippen LogP contribution in [0.2, 0.25) is 0 Å². The van der Waals surface area contributed by atoms with E-state index in [9.17, 15) is 14.4 Å². The number of nitrogens with zero attached hydrogens (tertiary/aromatic N) is 1. The summed E-state index contributed by atoms with van der Waals surface area (Å²) in [5, 5.41) is 5.79. The van der Waals surface area contributed by atoms with E-state index >= 15 is 0 Å². The fraction of sp³-hybridized carbons (Fsp3) is 0.500. The number of likely N-dealkylation sites (tertiary alicyclic amines) is 1. The Balaban J connectivity index is 1.91. The van der Waals surface area contributed by atoms with Crippen molar-refractivity contribution in [1.82, 2.24) is 10.2 Å². The van der Waals surface area contributed by atoms with Crippen molar-refractivity contribution in [3.05, 3.63) is 29.8 Å². The predicted octanol–water partition coefficient (Wildman–Crippen LogP) is 0.569. The van der Waals surface area contributed by atoms with Crippen LogP contribution in [0.5, 0.6) is 0 Å². The first-order chi connectivity index (χ1) is 11.7. The van der Waals surface area contributed by atoms with Gasteiger partial charge in [0.25, 0.3) is 5.91 Å². The molecular weight excluding hydrogens is 320 g/mol. The van der Waals surface area contributed by atoms with Gasteiger partial charge in [-0.1, -0.05) is 26.0 Å². The fourth-order valence-corrected chi connectivity index (χ4v) is 3.49. The van der Waals surface area contributed by atoms with Gasteiger partial charge in [0.15, 0.2) is 0 Å². The molecule has 7 nitrogen and oxygen atoms in total. The van der Waals surface area contributed by atoms with Crippen molar-refractivity contribution in [3.63, 3.8) is 0 Å². The number of benzene rings is 1. The Morgan fingerprint density at radius 3 is 2.68 bits per heavy atom. The molecule has 2 aliphatic heterocycles. The van der Waals surface area contributed by atoms with Crippen LogP contribution < -0.4 is 16.4 Å². The van der Waals surface area contributed by atoms with Crippen molar-refractivity contribution in [2.45, 2.75) is 32.4 Å². The summed E-state index contributed by atoms with van der Waals surface area (Å²) in [7, 11) is 0. The number of hydrogen-bond acceptors (Lipinski definition) is 4. The fourth-order valence-electron chi connectivity index (χ4n) is 3.49. The average Bonchev–Trinajstić information content (AvgIpc) is 2.89. The molecule has 4 N–H and O–H groups in total. The number of amides is 3. The lowest BCUT2D eigenvalue weighted by molar-refractivity contribution is -0.132. The van der Waals surface area contributed by atoms with E-state index in [1.165, 1.54) is 0 Å². The van der Waals surface area contributed by atoms with Crippen LogP contribution >= 0.6 is 0 Å². The molecule has 1 aromatic carbocycles. The van der Waals surface area contributed by atoms with E-state index in [1.807, 2.05) is 13.8 Å². The molecule has 7 heteroatoms. The van der Waals surface area contributed by atoms with Crippen molar-refractivity contribution < 1.29 is 14.4 Å². The second-order valence-corrected chi connectivity index (χ2v) is 7.45. The van der Waals surface area contributed by atoms with E-state index in [0.717, 1.165) is 0 Å². The Labute approximate surface area is 146 Å². The Bertz CT molecular complexity index is 733. The van der Waals surface area contributed by atoms with Crippen LogP contribution in [-0.2, 0) is 9.59 Å². The molecule has 0 aromatic heterocycles. The second kappa shape index (κ2) is 6.15. The number of fused-ring (bicyclic) bond motifs is 2. The summed E-state index contributed by atoms with van der Waals surface area (Å²) in [4.78, 5) is 39.6. The minimum absolute atomic E-state index is 0.00108. The van der Waals surface area contributed by atoms with Crippen molar-refractivity contribution in [1.29, 1.82) is 0 Å². The summed E-state index contributed by atoms with van der Waals surface area (Å²) in [5.41, 5.74) is 6.05. The number of anilines is 1. The molecule has 0 aliphatic carbocycles. The number of carbonyl (C=O) groups is 3. The average molecular weight is 344 g/mol. The largest absolute Gasteiger partial charge is 0.344 e. The van der Waals surface area contributed by atoms with Gasteiger partial charge in [0.05, 0.1) is 28.7 Å². The summed E-state index contributed by atoms with van der Waals surface area (Å²) >= 11 is 0. The summed E-state index contributed by atoms with van der Waals surface area (Å²) in [5.74, 6) is -1.19. The third-order valence-corrected chi connectivity index (χ3v) is 5.15. The van der Waals surface area contributed by atoms with Crippen LogP contribution in [0.1, 0.15) is 31.1 Å². The Hall–Kier alpha value is -2.41. The van der Waals surface area contributed by atoms with E-state index in [-0.39, 0.29) is 36.7 Å².